The Morgan fingerprint density at radius 2 is 2.13 bits per heavy atom. The van der Waals surface area contributed by atoms with Crippen LogP contribution in [0.4, 0.5) is 0 Å². The van der Waals surface area contributed by atoms with Gasteiger partial charge >= 0.3 is 0 Å². The average molecular weight is 214 g/mol. The smallest absolute Gasteiger partial charge is 0.240 e. The van der Waals surface area contributed by atoms with Crippen molar-refractivity contribution in [1.82, 2.24) is 5.43 Å². The molecule has 0 aliphatic rings. The molecule has 4 heteroatoms. The first-order valence-corrected chi connectivity index (χ1v) is 5.72. The highest BCUT2D eigenvalue weighted by molar-refractivity contribution is 5.76. The number of nitrogens with one attached hydrogen (secondary N) is 1. The van der Waals surface area contributed by atoms with E-state index in [1.165, 1.54) is 0 Å². The number of hydrogen-bond donors (Lipinski definition) is 2. The molecule has 4 nitrogen and oxygen atoms in total. The second-order valence-corrected chi connectivity index (χ2v) is 3.52. The zero-order valence-electron chi connectivity index (χ0n) is 9.54. The Morgan fingerprint density at radius 1 is 1.33 bits per heavy atom. The summed E-state index contributed by atoms with van der Waals surface area (Å²) in [5, 5.41) is 12.3. The number of carbonyl (C=O) groups is 1. The van der Waals surface area contributed by atoms with Crippen LogP contribution in [-0.2, 0) is 4.79 Å². The maximum Gasteiger partial charge on any atom is 0.240 e. The second kappa shape index (κ2) is 11.2. The van der Waals surface area contributed by atoms with Crippen molar-refractivity contribution in [2.75, 3.05) is 6.61 Å². The fourth-order valence-corrected chi connectivity index (χ4v) is 1.12. The van der Waals surface area contributed by atoms with Gasteiger partial charge in [-0.1, -0.05) is 19.8 Å². The minimum atomic E-state index is -0.0122. The third-order valence-corrected chi connectivity index (χ3v) is 2.03. The third kappa shape index (κ3) is 11.0. The van der Waals surface area contributed by atoms with E-state index < -0.39 is 0 Å². The Balaban J connectivity index is 3.28. The van der Waals surface area contributed by atoms with Gasteiger partial charge in [0, 0.05) is 19.2 Å². The van der Waals surface area contributed by atoms with Gasteiger partial charge in [0.2, 0.25) is 5.91 Å². The average Bonchev–Trinajstić information content (AvgIpc) is 2.23. The predicted octanol–water partition coefficient (Wildman–Crippen LogP) is 1.83. The van der Waals surface area contributed by atoms with Crippen molar-refractivity contribution in [3.05, 3.63) is 0 Å². The van der Waals surface area contributed by atoms with Crippen molar-refractivity contribution in [1.29, 1.82) is 0 Å². The molecule has 2 N–H and O–H groups in total. The fourth-order valence-electron chi connectivity index (χ4n) is 1.12. The monoisotopic (exact) mass is 214 g/mol. The van der Waals surface area contributed by atoms with Crippen LogP contribution in [0.15, 0.2) is 5.10 Å². The summed E-state index contributed by atoms with van der Waals surface area (Å²) in [6.45, 7) is 2.33. The molecule has 0 aromatic rings. The van der Waals surface area contributed by atoms with Crippen molar-refractivity contribution in [3.8, 4) is 0 Å². The van der Waals surface area contributed by atoms with Gasteiger partial charge in [-0.3, -0.25) is 4.79 Å². The Bertz CT molecular complexity index is 181. The van der Waals surface area contributed by atoms with Crippen molar-refractivity contribution in [3.63, 3.8) is 0 Å². The maximum atomic E-state index is 11.1. The summed E-state index contributed by atoms with van der Waals surface area (Å²) >= 11 is 0. The first-order chi connectivity index (χ1) is 7.31. The van der Waals surface area contributed by atoms with Crippen LogP contribution in [-0.4, -0.2) is 23.8 Å². The molecular weight excluding hydrogens is 192 g/mol. The number of aliphatic hydroxyl groups is 1. The van der Waals surface area contributed by atoms with E-state index >= 15 is 0 Å². The lowest BCUT2D eigenvalue weighted by Gasteiger charge is -1.98. The third-order valence-electron chi connectivity index (χ3n) is 2.03. The molecule has 0 rings (SSSR count). The Morgan fingerprint density at radius 3 is 2.80 bits per heavy atom. The van der Waals surface area contributed by atoms with Crippen molar-refractivity contribution >= 4 is 12.1 Å². The van der Waals surface area contributed by atoms with Crippen LogP contribution in [0.1, 0.15) is 51.9 Å². The number of hydrogen-bond acceptors (Lipinski definition) is 3. The lowest BCUT2D eigenvalue weighted by molar-refractivity contribution is -0.121. The molecular formula is C11H22N2O2. The van der Waals surface area contributed by atoms with E-state index in [2.05, 4.69) is 17.5 Å². The summed E-state index contributed by atoms with van der Waals surface area (Å²) in [6.07, 6.45) is 7.89. The molecule has 0 saturated heterocycles. The van der Waals surface area contributed by atoms with Gasteiger partial charge in [-0.2, -0.15) is 5.10 Å². The minimum absolute atomic E-state index is 0.0122. The van der Waals surface area contributed by atoms with Crippen molar-refractivity contribution in [2.45, 2.75) is 51.9 Å². The van der Waals surface area contributed by atoms with Gasteiger partial charge in [0.15, 0.2) is 0 Å². The van der Waals surface area contributed by atoms with Crippen LogP contribution < -0.4 is 5.43 Å². The molecule has 1 amide bonds. The van der Waals surface area contributed by atoms with Crippen LogP contribution >= 0.6 is 0 Å². The first kappa shape index (κ1) is 14.1. The molecule has 0 aliphatic carbocycles. The normalized spacial score (nSPS) is 10.8. The molecule has 88 valence electrons. The van der Waals surface area contributed by atoms with Gasteiger partial charge in [-0.15, -0.1) is 0 Å². The molecule has 0 saturated carbocycles. The number of hydrazone groups is 1. The van der Waals surface area contributed by atoms with E-state index in [9.17, 15) is 4.79 Å². The van der Waals surface area contributed by atoms with Gasteiger partial charge < -0.3 is 5.11 Å². The van der Waals surface area contributed by atoms with Crippen molar-refractivity contribution in [2.24, 2.45) is 5.10 Å². The molecule has 0 bridgehead atoms. The maximum absolute atomic E-state index is 11.1. The molecule has 0 atom stereocenters. The lowest BCUT2D eigenvalue weighted by atomic mass is 10.2. The molecule has 0 heterocycles. The number of nitrogens with zero attached hydrogens (tertiary/aromatic N) is 1. The van der Waals surface area contributed by atoms with Gasteiger partial charge in [0.1, 0.15) is 0 Å². The Hall–Kier alpha value is -0.900. The summed E-state index contributed by atoms with van der Waals surface area (Å²) in [7, 11) is 0. The summed E-state index contributed by atoms with van der Waals surface area (Å²) in [6, 6.07) is 0. The number of carbonyl (C=O) groups excluding carboxylic acids is 1. The second-order valence-electron chi connectivity index (χ2n) is 3.52. The summed E-state index contributed by atoms with van der Waals surface area (Å²) in [5.74, 6) is -0.0122. The van der Waals surface area contributed by atoms with Crippen molar-refractivity contribution < 1.29 is 9.90 Å². The zero-order valence-corrected chi connectivity index (χ0v) is 9.54. The van der Waals surface area contributed by atoms with E-state index in [-0.39, 0.29) is 12.5 Å². The van der Waals surface area contributed by atoms with Gasteiger partial charge in [-0.25, -0.2) is 5.43 Å². The molecule has 0 radical (unpaired) electrons. The van der Waals surface area contributed by atoms with E-state index in [0.717, 1.165) is 38.5 Å². The SMILES string of the molecule is CCCCCC(=O)NN=CCCCCO. The fraction of sp³-hybridized carbons (Fsp3) is 0.818. The molecule has 15 heavy (non-hydrogen) atoms. The van der Waals surface area contributed by atoms with Crippen LogP contribution in [0.2, 0.25) is 0 Å². The lowest BCUT2D eigenvalue weighted by Crippen LogP contribution is -2.16. The minimum Gasteiger partial charge on any atom is -0.396 e. The molecule has 0 aliphatic heterocycles. The zero-order chi connectivity index (χ0) is 11.4. The summed E-state index contributed by atoms with van der Waals surface area (Å²) < 4.78 is 0. The van der Waals surface area contributed by atoms with Gasteiger partial charge in [0.05, 0.1) is 0 Å². The van der Waals surface area contributed by atoms with Crippen LogP contribution in [0.5, 0.6) is 0 Å². The van der Waals surface area contributed by atoms with Gasteiger partial charge in [-0.05, 0) is 25.7 Å². The first-order valence-electron chi connectivity index (χ1n) is 5.72. The van der Waals surface area contributed by atoms with E-state index in [1.54, 1.807) is 6.21 Å². The Kier molecular flexibility index (Phi) is 10.5. The number of rotatable bonds is 9. The van der Waals surface area contributed by atoms with E-state index in [1.807, 2.05) is 0 Å². The highest BCUT2D eigenvalue weighted by atomic mass is 16.2. The number of amides is 1. The molecule has 0 unspecified atom stereocenters. The van der Waals surface area contributed by atoms with Crippen LogP contribution in [0, 0.1) is 0 Å². The summed E-state index contributed by atoms with van der Waals surface area (Å²) in [5.41, 5.74) is 2.49. The van der Waals surface area contributed by atoms with E-state index in [0.29, 0.717) is 6.42 Å². The topological polar surface area (TPSA) is 61.7 Å². The van der Waals surface area contributed by atoms with Gasteiger partial charge in [0.25, 0.3) is 0 Å². The quantitative estimate of drug-likeness (QED) is 0.349. The highest BCUT2D eigenvalue weighted by Crippen LogP contribution is 1.98. The van der Waals surface area contributed by atoms with Crippen LogP contribution in [0.3, 0.4) is 0 Å². The summed E-state index contributed by atoms with van der Waals surface area (Å²) in [4.78, 5) is 11.1. The standard InChI is InChI=1S/C11H22N2O2/c1-2-3-5-8-11(15)13-12-9-6-4-7-10-14/h9,14H,2-8,10H2,1H3,(H,13,15). The molecule has 0 spiro atoms. The molecule has 0 fully saturated rings. The van der Waals surface area contributed by atoms with Crippen LogP contribution in [0.25, 0.3) is 0 Å². The largest absolute Gasteiger partial charge is 0.396 e. The molecule has 0 aromatic heterocycles. The molecule has 0 aromatic carbocycles. The predicted molar refractivity (Wildman–Crippen MR) is 61.7 cm³/mol. The number of aliphatic hydroxyl groups excluding tert-OH is 1. The Labute approximate surface area is 91.8 Å². The highest BCUT2D eigenvalue weighted by Gasteiger charge is 1.97. The van der Waals surface area contributed by atoms with E-state index in [4.69, 9.17) is 5.11 Å². The number of unbranched alkanes of at least 4 members (excludes halogenated alkanes) is 4.